The van der Waals surface area contributed by atoms with Crippen molar-refractivity contribution in [1.82, 2.24) is 9.97 Å². The van der Waals surface area contributed by atoms with Crippen LogP contribution in [0.1, 0.15) is 11.1 Å². The number of hydrogen-bond acceptors (Lipinski definition) is 2. The number of H-pyrrole nitrogens is 1. The first kappa shape index (κ1) is 9.54. The summed E-state index contributed by atoms with van der Waals surface area (Å²) in [6, 6.07) is 6.70. The van der Waals surface area contributed by atoms with Gasteiger partial charge in [0, 0.05) is 12.6 Å². The van der Waals surface area contributed by atoms with Gasteiger partial charge in [0.05, 0.1) is 10.2 Å². The predicted octanol–water partition coefficient (Wildman–Crippen LogP) is 3.35. The average molecular weight is 232 g/mol. The molecule has 3 rings (SSSR count). The SMILES string of the molecule is Fc1cccc(Cc2c[nH]c3ncsc23)c1. The van der Waals surface area contributed by atoms with E-state index in [1.807, 2.05) is 17.8 Å². The second-order valence-corrected chi connectivity index (χ2v) is 4.51. The molecular formula is C12H9FN2S. The van der Waals surface area contributed by atoms with Crippen LogP contribution in [0.2, 0.25) is 0 Å². The van der Waals surface area contributed by atoms with Gasteiger partial charge in [-0.15, -0.1) is 11.3 Å². The molecule has 0 aliphatic rings. The molecule has 1 aromatic carbocycles. The number of fused-ring (bicyclic) bond motifs is 1. The number of rotatable bonds is 2. The van der Waals surface area contributed by atoms with E-state index in [0.717, 1.165) is 22.3 Å². The second-order valence-electron chi connectivity index (χ2n) is 3.65. The average Bonchev–Trinajstić information content (AvgIpc) is 2.83. The number of aromatic nitrogens is 2. The smallest absolute Gasteiger partial charge is 0.148 e. The van der Waals surface area contributed by atoms with Crippen molar-refractivity contribution < 1.29 is 4.39 Å². The van der Waals surface area contributed by atoms with Gasteiger partial charge in [0.15, 0.2) is 0 Å². The van der Waals surface area contributed by atoms with Gasteiger partial charge in [-0.05, 0) is 23.3 Å². The highest BCUT2D eigenvalue weighted by atomic mass is 32.1. The molecule has 0 aliphatic carbocycles. The molecule has 0 radical (unpaired) electrons. The third-order valence-electron chi connectivity index (χ3n) is 2.53. The minimum Gasteiger partial charge on any atom is -0.345 e. The van der Waals surface area contributed by atoms with Crippen LogP contribution in [0, 0.1) is 5.82 Å². The van der Waals surface area contributed by atoms with Crippen LogP contribution in [0.5, 0.6) is 0 Å². The molecule has 0 spiro atoms. The van der Waals surface area contributed by atoms with Crippen LogP contribution in [0.15, 0.2) is 36.0 Å². The highest BCUT2D eigenvalue weighted by molar-refractivity contribution is 7.16. The first-order chi connectivity index (χ1) is 7.83. The van der Waals surface area contributed by atoms with E-state index in [4.69, 9.17) is 0 Å². The summed E-state index contributed by atoms with van der Waals surface area (Å²) in [6.07, 6.45) is 2.68. The molecule has 0 saturated carbocycles. The summed E-state index contributed by atoms with van der Waals surface area (Å²) in [5.41, 5.74) is 4.88. The van der Waals surface area contributed by atoms with E-state index in [-0.39, 0.29) is 5.82 Å². The first-order valence-corrected chi connectivity index (χ1v) is 5.85. The highest BCUT2D eigenvalue weighted by Crippen LogP contribution is 2.24. The topological polar surface area (TPSA) is 28.7 Å². The number of halogens is 1. The Labute approximate surface area is 95.8 Å². The lowest BCUT2D eigenvalue weighted by atomic mass is 10.1. The molecule has 0 saturated heterocycles. The fourth-order valence-electron chi connectivity index (χ4n) is 1.80. The predicted molar refractivity (Wildman–Crippen MR) is 63.2 cm³/mol. The molecule has 2 heterocycles. The van der Waals surface area contributed by atoms with Crippen LogP contribution in [-0.4, -0.2) is 9.97 Å². The lowest BCUT2D eigenvalue weighted by Crippen LogP contribution is -1.86. The van der Waals surface area contributed by atoms with Crippen molar-refractivity contribution in [3.05, 3.63) is 52.9 Å². The summed E-state index contributed by atoms with van der Waals surface area (Å²) in [7, 11) is 0. The lowest BCUT2D eigenvalue weighted by Gasteiger charge is -1.98. The van der Waals surface area contributed by atoms with E-state index in [1.54, 1.807) is 23.5 Å². The number of hydrogen-bond donors (Lipinski definition) is 1. The van der Waals surface area contributed by atoms with Crippen molar-refractivity contribution >= 4 is 21.7 Å². The van der Waals surface area contributed by atoms with Gasteiger partial charge in [-0.25, -0.2) is 9.37 Å². The summed E-state index contributed by atoms with van der Waals surface area (Å²) in [4.78, 5) is 7.30. The Bertz CT molecular complexity index is 627. The van der Waals surface area contributed by atoms with Gasteiger partial charge >= 0.3 is 0 Å². The van der Waals surface area contributed by atoms with E-state index in [9.17, 15) is 4.39 Å². The van der Waals surface area contributed by atoms with Crippen LogP contribution in [0.25, 0.3) is 10.3 Å². The quantitative estimate of drug-likeness (QED) is 0.721. The number of nitrogens with zero attached hydrogens (tertiary/aromatic N) is 1. The zero-order valence-electron chi connectivity index (χ0n) is 8.40. The largest absolute Gasteiger partial charge is 0.345 e. The summed E-state index contributed by atoms with van der Waals surface area (Å²) < 4.78 is 14.2. The lowest BCUT2D eigenvalue weighted by molar-refractivity contribution is 0.626. The van der Waals surface area contributed by atoms with Gasteiger partial charge in [0.2, 0.25) is 0 Å². The maximum atomic E-state index is 13.0. The zero-order chi connectivity index (χ0) is 11.0. The summed E-state index contributed by atoms with van der Waals surface area (Å²) >= 11 is 1.61. The molecular weight excluding hydrogens is 223 g/mol. The second kappa shape index (κ2) is 3.72. The minimum atomic E-state index is -0.186. The van der Waals surface area contributed by atoms with Gasteiger partial charge in [0.1, 0.15) is 11.5 Å². The Morgan fingerprint density at radius 2 is 2.31 bits per heavy atom. The first-order valence-electron chi connectivity index (χ1n) is 4.97. The number of nitrogens with one attached hydrogen (secondary N) is 1. The summed E-state index contributed by atoms with van der Waals surface area (Å²) in [6.45, 7) is 0. The van der Waals surface area contributed by atoms with Crippen LogP contribution >= 0.6 is 11.3 Å². The Morgan fingerprint density at radius 3 is 3.19 bits per heavy atom. The molecule has 80 valence electrons. The van der Waals surface area contributed by atoms with E-state index < -0.39 is 0 Å². The van der Waals surface area contributed by atoms with Crippen molar-refractivity contribution in [2.45, 2.75) is 6.42 Å². The third-order valence-corrected chi connectivity index (χ3v) is 3.43. The van der Waals surface area contributed by atoms with E-state index in [2.05, 4.69) is 9.97 Å². The Kier molecular flexibility index (Phi) is 2.22. The molecule has 0 fully saturated rings. The Morgan fingerprint density at radius 1 is 1.38 bits per heavy atom. The Balaban J connectivity index is 1.98. The van der Waals surface area contributed by atoms with Crippen molar-refractivity contribution in [1.29, 1.82) is 0 Å². The molecule has 3 aromatic rings. The van der Waals surface area contributed by atoms with E-state index >= 15 is 0 Å². The Hall–Kier alpha value is -1.68. The minimum absolute atomic E-state index is 0.186. The summed E-state index contributed by atoms with van der Waals surface area (Å²) in [5, 5.41) is 0. The monoisotopic (exact) mass is 232 g/mol. The van der Waals surface area contributed by atoms with E-state index in [1.165, 1.54) is 11.6 Å². The number of aromatic amines is 1. The third kappa shape index (κ3) is 1.61. The van der Waals surface area contributed by atoms with Crippen LogP contribution in [0.4, 0.5) is 4.39 Å². The van der Waals surface area contributed by atoms with Gasteiger partial charge in [-0.2, -0.15) is 0 Å². The molecule has 0 atom stereocenters. The normalized spacial score (nSPS) is 11.1. The molecule has 0 amide bonds. The van der Waals surface area contributed by atoms with Gasteiger partial charge in [-0.3, -0.25) is 0 Å². The molecule has 0 bridgehead atoms. The molecule has 2 nitrogen and oxygen atoms in total. The van der Waals surface area contributed by atoms with Gasteiger partial charge in [0.25, 0.3) is 0 Å². The van der Waals surface area contributed by atoms with Gasteiger partial charge < -0.3 is 4.98 Å². The zero-order valence-corrected chi connectivity index (χ0v) is 9.22. The standard InChI is InChI=1S/C12H9FN2S/c13-10-3-1-2-8(5-10)4-9-6-14-12-11(9)16-7-15-12/h1-3,5-7,14H,4H2. The van der Waals surface area contributed by atoms with Crippen LogP contribution < -0.4 is 0 Å². The van der Waals surface area contributed by atoms with Crippen molar-refractivity contribution in [3.8, 4) is 0 Å². The maximum absolute atomic E-state index is 13.0. The fourth-order valence-corrected chi connectivity index (χ4v) is 2.57. The van der Waals surface area contributed by atoms with Crippen molar-refractivity contribution in [2.24, 2.45) is 0 Å². The number of benzene rings is 1. The fraction of sp³-hybridized carbons (Fsp3) is 0.0833. The maximum Gasteiger partial charge on any atom is 0.148 e. The molecule has 1 N–H and O–H groups in total. The molecule has 0 aliphatic heterocycles. The molecule has 16 heavy (non-hydrogen) atoms. The summed E-state index contributed by atoms with van der Waals surface area (Å²) in [5.74, 6) is -0.186. The van der Waals surface area contributed by atoms with Crippen LogP contribution in [0.3, 0.4) is 0 Å². The number of thiazole rings is 1. The molecule has 0 unspecified atom stereocenters. The highest BCUT2D eigenvalue weighted by Gasteiger charge is 2.06. The van der Waals surface area contributed by atoms with Gasteiger partial charge in [-0.1, -0.05) is 12.1 Å². The molecule has 4 heteroatoms. The van der Waals surface area contributed by atoms with E-state index in [0.29, 0.717) is 0 Å². The van der Waals surface area contributed by atoms with Crippen LogP contribution in [-0.2, 0) is 6.42 Å². The van der Waals surface area contributed by atoms with Crippen molar-refractivity contribution in [2.75, 3.05) is 0 Å². The van der Waals surface area contributed by atoms with Crippen molar-refractivity contribution in [3.63, 3.8) is 0 Å². The molecule has 2 aromatic heterocycles.